The Bertz CT molecular complexity index is 588. The molecule has 1 aromatic carbocycles. The topological polar surface area (TPSA) is 8.17 Å². The Morgan fingerprint density at radius 3 is 2.59 bits per heavy atom. The molecule has 0 saturated heterocycles. The van der Waals surface area contributed by atoms with Gasteiger partial charge in [-0.2, -0.15) is 13.2 Å². The smallest absolute Gasteiger partial charge is 0.325 e. The fraction of sp³-hybridized carbons (Fsp3) is 0.273. The van der Waals surface area contributed by atoms with Gasteiger partial charge in [0, 0.05) is 28.5 Å². The van der Waals surface area contributed by atoms with Crippen LogP contribution >= 0.6 is 15.9 Å². The van der Waals surface area contributed by atoms with Crippen LogP contribution in [0, 0.1) is 0 Å². The summed E-state index contributed by atoms with van der Waals surface area (Å²) in [6, 6.07) is 7.09. The molecule has 0 spiro atoms. The number of benzene rings is 1. The van der Waals surface area contributed by atoms with E-state index in [0.717, 1.165) is 15.4 Å². The molecule has 17 heavy (non-hydrogen) atoms. The highest BCUT2D eigenvalue weighted by Gasteiger charge is 2.41. The first-order chi connectivity index (χ1) is 7.97. The lowest BCUT2D eigenvalue weighted by Crippen LogP contribution is -2.36. The molecule has 0 saturated carbocycles. The van der Waals surface area contributed by atoms with Gasteiger partial charge in [0.2, 0.25) is 0 Å². The van der Waals surface area contributed by atoms with Gasteiger partial charge in [0.15, 0.2) is 0 Å². The van der Waals surface area contributed by atoms with E-state index < -0.39 is 6.30 Å². The molecule has 90 valence electrons. The average Bonchev–Trinajstić information content (AvgIpc) is 2.72. The summed E-state index contributed by atoms with van der Waals surface area (Å²) in [5, 5.41) is 0.823. The maximum Gasteiger partial charge on any atom is 0.486 e. The average molecular weight is 305 g/mol. The number of alkyl halides is 3. The number of rotatable bonds is 0. The zero-order valence-corrected chi connectivity index (χ0v) is 10.2. The molecule has 2 aromatic rings. The maximum atomic E-state index is 12.8. The predicted molar refractivity (Wildman–Crippen MR) is 63.0 cm³/mol. The Kier molecular flexibility index (Phi) is 2.20. The first-order valence-corrected chi connectivity index (χ1v) is 5.89. The van der Waals surface area contributed by atoms with Crippen LogP contribution in [-0.2, 0) is 6.54 Å². The summed E-state index contributed by atoms with van der Waals surface area (Å²) in [6.45, 7) is 0.366. The van der Waals surface area contributed by atoms with E-state index in [-0.39, 0.29) is 12.4 Å². The molecule has 1 aliphatic rings. The molecule has 1 aliphatic heterocycles. The van der Waals surface area contributed by atoms with Gasteiger partial charge >= 0.3 is 6.30 Å². The number of nitrogens with zero attached hydrogens (tertiary/aromatic N) is 2. The molecule has 0 aliphatic carbocycles. The largest absolute Gasteiger partial charge is 0.486 e. The van der Waals surface area contributed by atoms with Gasteiger partial charge in [0.1, 0.15) is 5.82 Å². The fourth-order valence-electron chi connectivity index (χ4n) is 2.26. The van der Waals surface area contributed by atoms with Gasteiger partial charge in [0.05, 0.1) is 0 Å². The van der Waals surface area contributed by atoms with Crippen LogP contribution in [0.25, 0.3) is 10.9 Å². The molecule has 0 N–H and O–H groups in total. The number of hydrogen-bond donors (Lipinski definition) is 0. The maximum absolute atomic E-state index is 12.8. The van der Waals surface area contributed by atoms with Crippen LogP contribution < -0.4 is 4.90 Å². The molecule has 0 atom stereocenters. The lowest BCUT2D eigenvalue weighted by Gasteiger charge is -2.19. The van der Waals surface area contributed by atoms with Crippen molar-refractivity contribution in [2.24, 2.45) is 0 Å². The normalized spacial score (nSPS) is 15.6. The van der Waals surface area contributed by atoms with E-state index in [9.17, 15) is 13.2 Å². The van der Waals surface area contributed by atoms with Crippen molar-refractivity contribution in [2.75, 3.05) is 11.4 Å². The van der Waals surface area contributed by atoms with Crippen molar-refractivity contribution in [3.05, 3.63) is 28.7 Å². The SMILES string of the molecule is FC(F)(F)N1CCn2c1cc1cc(Br)ccc12. The van der Waals surface area contributed by atoms with E-state index in [1.54, 1.807) is 10.6 Å². The van der Waals surface area contributed by atoms with Crippen molar-refractivity contribution in [2.45, 2.75) is 12.8 Å². The fourth-order valence-corrected chi connectivity index (χ4v) is 2.64. The van der Waals surface area contributed by atoms with Gasteiger partial charge in [-0.15, -0.1) is 0 Å². The summed E-state index contributed by atoms with van der Waals surface area (Å²) in [7, 11) is 0. The zero-order valence-electron chi connectivity index (χ0n) is 8.63. The van der Waals surface area contributed by atoms with Crippen LogP contribution in [0.5, 0.6) is 0 Å². The zero-order chi connectivity index (χ0) is 12.2. The van der Waals surface area contributed by atoms with Crippen molar-refractivity contribution < 1.29 is 13.2 Å². The van der Waals surface area contributed by atoms with E-state index in [1.165, 1.54) is 0 Å². The van der Waals surface area contributed by atoms with Crippen LogP contribution in [-0.4, -0.2) is 17.4 Å². The van der Waals surface area contributed by atoms with Gasteiger partial charge < -0.3 is 4.57 Å². The molecular formula is C11H8BrF3N2. The van der Waals surface area contributed by atoms with E-state index in [2.05, 4.69) is 15.9 Å². The van der Waals surface area contributed by atoms with Crippen LogP contribution in [0.15, 0.2) is 28.7 Å². The molecule has 6 heteroatoms. The first kappa shape index (κ1) is 11.0. The molecule has 0 bridgehead atoms. The Morgan fingerprint density at radius 2 is 1.88 bits per heavy atom. The van der Waals surface area contributed by atoms with Gasteiger partial charge in [-0.25, -0.2) is 0 Å². The predicted octanol–water partition coefficient (Wildman–Crippen LogP) is 3.74. The number of halogens is 4. The third kappa shape index (κ3) is 1.62. The van der Waals surface area contributed by atoms with Gasteiger partial charge in [-0.1, -0.05) is 15.9 Å². The van der Waals surface area contributed by atoms with Crippen LogP contribution in [0.4, 0.5) is 19.0 Å². The van der Waals surface area contributed by atoms with Crippen molar-refractivity contribution in [3.8, 4) is 0 Å². The number of anilines is 1. The highest BCUT2D eigenvalue weighted by atomic mass is 79.9. The summed E-state index contributed by atoms with van der Waals surface area (Å²) < 4.78 is 40.8. The second kappa shape index (κ2) is 3.41. The van der Waals surface area contributed by atoms with E-state index in [0.29, 0.717) is 11.4 Å². The Hall–Kier alpha value is -1.17. The van der Waals surface area contributed by atoms with Crippen molar-refractivity contribution in [1.29, 1.82) is 0 Å². The third-order valence-corrected chi connectivity index (χ3v) is 3.46. The summed E-state index contributed by atoms with van der Waals surface area (Å²) in [5.74, 6) is 0.227. The number of hydrogen-bond acceptors (Lipinski definition) is 1. The summed E-state index contributed by atoms with van der Waals surface area (Å²) in [6.07, 6.45) is -4.31. The van der Waals surface area contributed by atoms with E-state index in [4.69, 9.17) is 0 Å². The number of fused-ring (bicyclic) bond motifs is 3. The molecule has 2 nitrogen and oxygen atoms in total. The summed E-state index contributed by atoms with van der Waals surface area (Å²) >= 11 is 3.32. The highest BCUT2D eigenvalue weighted by Crippen LogP contribution is 2.37. The Labute approximate surface area is 104 Å². The Balaban J connectivity index is 2.19. The van der Waals surface area contributed by atoms with Gasteiger partial charge in [0.25, 0.3) is 0 Å². The molecule has 0 amide bonds. The van der Waals surface area contributed by atoms with Crippen LogP contribution in [0.2, 0.25) is 0 Å². The van der Waals surface area contributed by atoms with Crippen molar-refractivity contribution >= 4 is 32.7 Å². The van der Waals surface area contributed by atoms with Gasteiger partial charge in [-0.05, 0) is 24.3 Å². The molecule has 2 heterocycles. The second-order valence-corrected chi connectivity index (χ2v) is 4.89. The standard InChI is InChI=1S/C11H8BrF3N2/c12-8-1-2-9-7(5-8)6-10-16(9)3-4-17(10)11(13,14)15/h1-2,5-6H,3-4H2. The lowest BCUT2D eigenvalue weighted by molar-refractivity contribution is -0.127. The number of aromatic nitrogens is 1. The van der Waals surface area contributed by atoms with Crippen molar-refractivity contribution in [3.63, 3.8) is 0 Å². The van der Waals surface area contributed by atoms with Crippen LogP contribution in [0.1, 0.15) is 0 Å². The lowest BCUT2D eigenvalue weighted by atomic mass is 10.2. The summed E-state index contributed by atoms with van der Waals surface area (Å²) in [4.78, 5) is 0.487. The monoisotopic (exact) mass is 304 g/mol. The Morgan fingerprint density at radius 1 is 1.12 bits per heavy atom. The minimum Gasteiger partial charge on any atom is -0.325 e. The minimum atomic E-state index is -4.31. The molecule has 0 unspecified atom stereocenters. The summed E-state index contributed by atoms with van der Waals surface area (Å²) in [5.41, 5.74) is 0.843. The molecule has 0 fully saturated rings. The molecule has 3 rings (SSSR count). The minimum absolute atomic E-state index is 0.00909. The second-order valence-electron chi connectivity index (χ2n) is 3.98. The highest BCUT2D eigenvalue weighted by molar-refractivity contribution is 9.10. The molecular weight excluding hydrogens is 297 g/mol. The van der Waals surface area contributed by atoms with Gasteiger partial charge in [-0.3, -0.25) is 4.90 Å². The van der Waals surface area contributed by atoms with E-state index >= 15 is 0 Å². The third-order valence-electron chi connectivity index (χ3n) is 2.97. The molecule has 1 aromatic heterocycles. The van der Waals surface area contributed by atoms with E-state index in [1.807, 2.05) is 18.2 Å². The quantitative estimate of drug-likeness (QED) is 0.673. The van der Waals surface area contributed by atoms with Crippen LogP contribution in [0.3, 0.4) is 0 Å². The molecule has 0 radical (unpaired) electrons. The first-order valence-electron chi connectivity index (χ1n) is 5.10. The van der Waals surface area contributed by atoms with Crippen molar-refractivity contribution in [1.82, 2.24) is 4.57 Å².